The number of allylic oxidation sites excluding steroid dienone is 1. The normalized spacial score (nSPS) is 20.3. The number of esters is 1. The molecule has 1 heterocycles. The van der Waals surface area contributed by atoms with Gasteiger partial charge in [0, 0.05) is 5.92 Å². The second-order valence-electron chi connectivity index (χ2n) is 5.79. The smallest absolute Gasteiger partial charge is 0.373 e. The molecular weight excluding hydrogens is 288 g/mol. The first-order chi connectivity index (χ1) is 11.2. The average Bonchev–Trinajstić information content (AvgIpc) is 2.62. The van der Waals surface area contributed by atoms with E-state index in [9.17, 15) is 4.79 Å². The van der Waals surface area contributed by atoms with Crippen molar-refractivity contribution in [1.29, 1.82) is 0 Å². The first-order valence-electron chi connectivity index (χ1n) is 7.75. The Morgan fingerprint density at radius 1 is 1.04 bits per heavy atom. The molecule has 2 aromatic carbocycles. The second kappa shape index (κ2) is 6.69. The van der Waals surface area contributed by atoms with Crippen LogP contribution in [-0.4, -0.2) is 13.1 Å². The van der Waals surface area contributed by atoms with E-state index in [-0.39, 0.29) is 17.8 Å². The second-order valence-corrected chi connectivity index (χ2v) is 5.79. The number of methoxy groups -OCH3 is 1. The largest absolute Gasteiger partial charge is 0.479 e. The summed E-state index contributed by atoms with van der Waals surface area (Å²) in [6.07, 6.45) is 2.52. The van der Waals surface area contributed by atoms with Crippen molar-refractivity contribution in [3.05, 3.63) is 83.1 Å². The van der Waals surface area contributed by atoms with E-state index in [4.69, 9.17) is 9.47 Å². The van der Waals surface area contributed by atoms with Gasteiger partial charge in [-0.1, -0.05) is 60.2 Å². The molecule has 0 aliphatic carbocycles. The number of hydrogen-bond donors (Lipinski definition) is 0. The molecule has 0 amide bonds. The van der Waals surface area contributed by atoms with Gasteiger partial charge in [-0.05, 0) is 30.5 Å². The predicted molar refractivity (Wildman–Crippen MR) is 88.9 cm³/mol. The lowest BCUT2D eigenvalue weighted by Crippen LogP contribution is -2.20. The van der Waals surface area contributed by atoms with Gasteiger partial charge in [-0.25, -0.2) is 4.79 Å². The van der Waals surface area contributed by atoms with Crippen LogP contribution < -0.4 is 0 Å². The zero-order valence-corrected chi connectivity index (χ0v) is 13.4. The molecule has 0 N–H and O–H groups in total. The summed E-state index contributed by atoms with van der Waals surface area (Å²) in [6, 6.07) is 18.4. The number of aryl methyl sites for hydroxylation is 1. The predicted octanol–water partition coefficient (Wildman–Crippen LogP) is 4.30. The van der Waals surface area contributed by atoms with Gasteiger partial charge < -0.3 is 9.47 Å². The van der Waals surface area contributed by atoms with E-state index >= 15 is 0 Å². The first kappa shape index (κ1) is 15.3. The molecular formula is C20H20O3. The molecule has 2 aromatic rings. The van der Waals surface area contributed by atoms with Crippen LogP contribution in [-0.2, 0) is 14.3 Å². The molecule has 0 fully saturated rings. The van der Waals surface area contributed by atoms with Crippen LogP contribution in [0, 0.1) is 6.92 Å². The Bertz CT molecular complexity index is 701. The van der Waals surface area contributed by atoms with E-state index in [0.717, 1.165) is 12.0 Å². The maximum Gasteiger partial charge on any atom is 0.373 e. The van der Waals surface area contributed by atoms with Crippen molar-refractivity contribution in [2.45, 2.75) is 25.4 Å². The Kier molecular flexibility index (Phi) is 4.47. The van der Waals surface area contributed by atoms with E-state index in [1.54, 1.807) is 0 Å². The lowest BCUT2D eigenvalue weighted by Gasteiger charge is -2.29. The standard InChI is InChI=1S/C20H20O3/c1-14-8-10-15(11-9-14)17-12-18(16-6-4-3-5-7-16)23-19(13-17)20(21)22-2/h3-11,13,17-18H,12H2,1-2H3/t17-,18+/m0/s1. The number of carbonyl (C=O) groups is 1. The lowest BCUT2D eigenvalue weighted by molar-refractivity contribution is -0.142. The van der Waals surface area contributed by atoms with Gasteiger partial charge in [-0.15, -0.1) is 0 Å². The molecule has 0 aromatic heterocycles. The van der Waals surface area contributed by atoms with Gasteiger partial charge in [0.25, 0.3) is 0 Å². The van der Waals surface area contributed by atoms with Crippen LogP contribution >= 0.6 is 0 Å². The Balaban J connectivity index is 1.94. The summed E-state index contributed by atoms with van der Waals surface area (Å²) in [7, 11) is 1.37. The van der Waals surface area contributed by atoms with Gasteiger partial charge in [0.1, 0.15) is 6.10 Å². The number of hydrogen-bond acceptors (Lipinski definition) is 3. The molecule has 0 spiro atoms. The van der Waals surface area contributed by atoms with Gasteiger partial charge in [-0.2, -0.15) is 0 Å². The van der Waals surface area contributed by atoms with Crippen LogP contribution in [0.3, 0.4) is 0 Å². The van der Waals surface area contributed by atoms with Crippen molar-refractivity contribution >= 4 is 5.97 Å². The summed E-state index contributed by atoms with van der Waals surface area (Å²) in [4.78, 5) is 12.0. The monoisotopic (exact) mass is 308 g/mol. The van der Waals surface area contributed by atoms with Gasteiger partial charge in [0.2, 0.25) is 5.76 Å². The molecule has 0 bridgehead atoms. The van der Waals surface area contributed by atoms with E-state index in [1.165, 1.54) is 18.2 Å². The summed E-state index contributed by atoms with van der Waals surface area (Å²) in [5.74, 6) is -0.00965. The highest BCUT2D eigenvalue weighted by molar-refractivity contribution is 5.86. The van der Waals surface area contributed by atoms with E-state index < -0.39 is 5.97 Å². The van der Waals surface area contributed by atoms with Crippen LogP contribution in [0.1, 0.15) is 35.1 Å². The topological polar surface area (TPSA) is 35.5 Å². The quantitative estimate of drug-likeness (QED) is 0.793. The first-order valence-corrected chi connectivity index (χ1v) is 7.75. The number of rotatable bonds is 3. The van der Waals surface area contributed by atoms with Gasteiger partial charge in [-0.3, -0.25) is 0 Å². The lowest BCUT2D eigenvalue weighted by atomic mass is 9.88. The molecule has 0 saturated carbocycles. The molecule has 3 rings (SSSR count). The van der Waals surface area contributed by atoms with Crippen molar-refractivity contribution < 1.29 is 14.3 Å². The average molecular weight is 308 g/mol. The Morgan fingerprint density at radius 3 is 2.39 bits per heavy atom. The summed E-state index contributed by atoms with van der Waals surface area (Å²) in [5.41, 5.74) is 3.47. The maximum atomic E-state index is 12.0. The molecule has 118 valence electrons. The highest BCUT2D eigenvalue weighted by Gasteiger charge is 2.29. The third-order valence-corrected chi connectivity index (χ3v) is 4.15. The maximum absolute atomic E-state index is 12.0. The molecule has 1 aliphatic rings. The SMILES string of the molecule is COC(=O)C1=C[C@@H](c2ccc(C)cc2)C[C@H](c2ccccc2)O1. The molecule has 23 heavy (non-hydrogen) atoms. The molecule has 0 saturated heterocycles. The van der Waals surface area contributed by atoms with Crippen molar-refractivity contribution in [3.63, 3.8) is 0 Å². The third kappa shape index (κ3) is 3.45. The summed E-state index contributed by atoms with van der Waals surface area (Å²) >= 11 is 0. The third-order valence-electron chi connectivity index (χ3n) is 4.15. The molecule has 0 radical (unpaired) electrons. The Hall–Kier alpha value is -2.55. The van der Waals surface area contributed by atoms with Crippen LogP contribution in [0.25, 0.3) is 0 Å². The van der Waals surface area contributed by atoms with Gasteiger partial charge >= 0.3 is 5.97 Å². The van der Waals surface area contributed by atoms with Crippen molar-refractivity contribution in [2.24, 2.45) is 0 Å². The number of ether oxygens (including phenoxy) is 2. The highest BCUT2D eigenvalue weighted by Crippen LogP contribution is 2.38. The molecule has 3 heteroatoms. The van der Waals surface area contributed by atoms with E-state index in [0.29, 0.717) is 0 Å². The Labute approximate surface area is 136 Å². The van der Waals surface area contributed by atoms with Gasteiger partial charge in [0.15, 0.2) is 0 Å². The minimum Gasteiger partial charge on any atom is -0.479 e. The van der Waals surface area contributed by atoms with Crippen molar-refractivity contribution in [3.8, 4) is 0 Å². The minimum atomic E-state index is -0.428. The molecule has 1 aliphatic heterocycles. The van der Waals surface area contributed by atoms with Crippen molar-refractivity contribution in [2.75, 3.05) is 7.11 Å². The summed E-state index contributed by atoms with van der Waals surface area (Å²) in [6.45, 7) is 2.07. The fraction of sp³-hybridized carbons (Fsp3) is 0.250. The van der Waals surface area contributed by atoms with Crippen LogP contribution in [0.2, 0.25) is 0 Å². The van der Waals surface area contributed by atoms with E-state index in [2.05, 4.69) is 31.2 Å². The zero-order chi connectivity index (χ0) is 16.2. The van der Waals surface area contributed by atoms with E-state index in [1.807, 2.05) is 36.4 Å². The number of benzene rings is 2. The molecule has 2 atom stereocenters. The fourth-order valence-electron chi connectivity index (χ4n) is 2.86. The fourth-order valence-corrected chi connectivity index (χ4v) is 2.86. The minimum absolute atomic E-state index is 0.128. The Morgan fingerprint density at radius 2 is 1.74 bits per heavy atom. The van der Waals surface area contributed by atoms with Crippen LogP contribution in [0.5, 0.6) is 0 Å². The molecule has 0 unspecified atom stereocenters. The van der Waals surface area contributed by atoms with Crippen LogP contribution in [0.4, 0.5) is 0 Å². The van der Waals surface area contributed by atoms with Crippen molar-refractivity contribution in [1.82, 2.24) is 0 Å². The van der Waals surface area contributed by atoms with Gasteiger partial charge in [0.05, 0.1) is 7.11 Å². The zero-order valence-electron chi connectivity index (χ0n) is 13.4. The highest BCUT2D eigenvalue weighted by atomic mass is 16.6. The van der Waals surface area contributed by atoms with Crippen LogP contribution in [0.15, 0.2) is 66.4 Å². The number of carbonyl (C=O) groups excluding carboxylic acids is 1. The summed E-state index contributed by atoms with van der Waals surface area (Å²) < 4.78 is 10.7. The molecule has 3 nitrogen and oxygen atoms in total. The summed E-state index contributed by atoms with van der Waals surface area (Å²) in [5, 5.41) is 0.